The maximum absolute atomic E-state index is 11.9. The molecule has 110 valence electrons. The van der Waals surface area contributed by atoms with E-state index in [4.69, 9.17) is 10.5 Å². The van der Waals surface area contributed by atoms with E-state index in [9.17, 15) is 4.79 Å². The molecule has 0 aromatic carbocycles. The predicted octanol–water partition coefficient (Wildman–Crippen LogP) is 1.83. The highest BCUT2D eigenvalue weighted by Crippen LogP contribution is 2.30. The highest BCUT2D eigenvalue weighted by Gasteiger charge is 2.22. The molecule has 2 rings (SSSR count). The number of carbonyl (C=O) groups is 1. The van der Waals surface area contributed by atoms with Gasteiger partial charge in [0.25, 0.3) is 0 Å². The fourth-order valence-electron chi connectivity index (χ4n) is 3.20. The molecule has 0 aromatic rings. The summed E-state index contributed by atoms with van der Waals surface area (Å²) in [6.45, 7) is 2.35. The molecule has 1 saturated carbocycles. The Morgan fingerprint density at radius 2 is 1.84 bits per heavy atom. The molecule has 1 amide bonds. The lowest BCUT2D eigenvalue weighted by Gasteiger charge is -2.27. The Morgan fingerprint density at radius 1 is 1.11 bits per heavy atom. The van der Waals surface area contributed by atoms with Crippen molar-refractivity contribution in [3.05, 3.63) is 0 Å². The molecule has 4 nitrogen and oxygen atoms in total. The zero-order valence-electron chi connectivity index (χ0n) is 11.9. The Labute approximate surface area is 116 Å². The van der Waals surface area contributed by atoms with Crippen LogP contribution in [0.1, 0.15) is 51.4 Å². The number of carbonyl (C=O) groups excluding carboxylic acids is 1. The fourth-order valence-corrected chi connectivity index (χ4v) is 3.20. The summed E-state index contributed by atoms with van der Waals surface area (Å²) in [4.78, 5) is 11.9. The summed E-state index contributed by atoms with van der Waals surface area (Å²) >= 11 is 0. The molecule has 1 heterocycles. The van der Waals surface area contributed by atoms with Crippen molar-refractivity contribution >= 4 is 5.91 Å². The highest BCUT2D eigenvalue weighted by molar-refractivity contribution is 5.76. The normalized spacial score (nSPS) is 31.9. The van der Waals surface area contributed by atoms with E-state index in [0.29, 0.717) is 24.8 Å². The first-order valence-electron chi connectivity index (χ1n) is 7.86. The van der Waals surface area contributed by atoms with E-state index in [1.807, 2.05) is 0 Å². The van der Waals surface area contributed by atoms with Crippen LogP contribution in [0.3, 0.4) is 0 Å². The maximum Gasteiger partial charge on any atom is 0.220 e. The van der Waals surface area contributed by atoms with Gasteiger partial charge in [0.05, 0.1) is 6.10 Å². The SMILES string of the molecule is NCC1CCC(CC(=O)NCC2CCCCO2)CC1. The summed E-state index contributed by atoms with van der Waals surface area (Å²) in [5, 5.41) is 3.04. The molecule has 2 aliphatic rings. The van der Waals surface area contributed by atoms with Crippen LogP contribution in [0, 0.1) is 11.8 Å². The average Bonchev–Trinajstić information content (AvgIpc) is 2.47. The van der Waals surface area contributed by atoms with Crippen molar-refractivity contribution in [2.75, 3.05) is 19.7 Å². The molecule has 1 unspecified atom stereocenters. The molecule has 1 aliphatic carbocycles. The number of amides is 1. The second kappa shape index (κ2) is 7.85. The zero-order valence-corrected chi connectivity index (χ0v) is 11.9. The Bertz CT molecular complexity index is 269. The van der Waals surface area contributed by atoms with Crippen LogP contribution in [0.15, 0.2) is 0 Å². The summed E-state index contributed by atoms with van der Waals surface area (Å²) in [5.74, 6) is 1.45. The van der Waals surface area contributed by atoms with Crippen LogP contribution in [0.25, 0.3) is 0 Å². The lowest BCUT2D eigenvalue weighted by atomic mass is 9.80. The third-order valence-corrected chi connectivity index (χ3v) is 4.57. The van der Waals surface area contributed by atoms with Crippen molar-refractivity contribution in [2.45, 2.75) is 57.5 Å². The molecule has 0 spiro atoms. The van der Waals surface area contributed by atoms with E-state index in [-0.39, 0.29) is 12.0 Å². The predicted molar refractivity (Wildman–Crippen MR) is 75.7 cm³/mol. The maximum atomic E-state index is 11.9. The Morgan fingerprint density at radius 3 is 2.47 bits per heavy atom. The number of rotatable bonds is 5. The van der Waals surface area contributed by atoms with E-state index >= 15 is 0 Å². The van der Waals surface area contributed by atoms with Gasteiger partial charge in [0.2, 0.25) is 5.91 Å². The van der Waals surface area contributed by atoms with Gasteiger partial charge in [-0.3, -0.25) is 4.79 Å². The summed E-state index contributed by atoms with van der Waals surface area (Å²) in [6, 6.07) is 0. The lowest BCUT2D eigenvalue weighted by Crippen LogP contribution is -2.36. The summed E-state index contributed by atoms with van der Waals surface area (Å²) in [7, 11) is 0. The van der Waals surface area contributed by atoms with Crippen LogP contribution < -0.4 is 11.1 Å². The van der Waals surface area contributed by atoms with Gasteiger partial charge in [0.15, 0.2) is 0 Å². The molecular weight excluding hydrogens is 240 g/mol. The van der Waals surface area contributed by atoms with Crippen LogP contribution in [0.2, 0.25) is 0 Å². The minimum atomic E-state index is 0.199. The van der Waals surface area contributed by atoms with E-state index in [2.05, 4.69) is 5.32 Å². The molecule has 1 aliphatic heterocycles. The van der Waals surface area contributed by atoms with E-state index in [0.717, 1.165) is 38.8 Å². The standard InChI is InChI=1S/C15H28N2O2/c16-10-13-6-4-12(5-7-13)9-15(18)17-11-14-3-1-2-8-19-14/h12-14H,1-11,16H2,(H,17,18). The van der Waals surface area contributed by atoms with Crippen molar-refractivity contribution in [1.29, 1.82) is 0 Å². The minimum Gasteiger partial charge on any atom is -0.376 e. The molecule has 0 radical (unpaired) electrons. The first kappa shape index (κ1) is 14.8. The average molecular weight is 268 g/mol. The minimum absolute atomic E-state index is 0.199. The fraction of sp³-hybridized carbons (Fsp3) is 0.933. The summed E-state index contributed by atoms with van der Waals surface area (Å²) in [6.07, 6.45) is 9.11. The Balaban J connectivity index is 1.59. The molecule has 0 aromatic heterocycles. The third kappa shape index (κ3) is 5.11. The van der Waals surface area contributed by atoms with Crippen LogP contribution in [0.4, 0.5) is 0 Å². The smallest absolute Gasteiger partial charge is 0.220 e. The van der Waals surface area contributed by atoms with E-state index in [1.165, 1.54) is 19.3 Å². The molecular formula is C15H28N2O2. The number of nitrogens with one attached hydrogen (secondary N) is 1. The molecule has 2 fully saturated rings. The number of nitrogens with two attached hydrogens (primary N) is 1. The van der Waals surface area contributed by atoms with Crippen molar-refractivity contribution in [1.82, 2.24) is 5.32 Å². The van der Waals surface area contributed by atoms with Crippen molar-refractivity contribution in [2.24, 2.45) is 17.6 Å². The van der Waals surface area contributed by atoms with Gasteiger partial charge in [-0.15, -0.1) is 0 Å². The number of hydrogen-bond acceptors (Lipinski definition) is 3. The third-order valence-electron chi connectivity index (χ3n) is 4.57. The van der Waals surface area contributed by atoms with Gasteiger partial charge in [-0.25, -0.2) is 0 Å². The molecule has 1 atom stereocenters. The van der Waals surface area contributed by atoms with Gasteiger partial charge in [0.1, 0.15) is 0 Å². The largest absolute Gasteiger partial charge is 0.376 e. The molecule has 19 heavy (non-hydrogen) atoms. The van der Waals surface area contributed by atoms with Crippen LogP contribution >= 0.6 is 0 Å². The van der Waals surface area contributed by atoms with Crippen molar-refractivity contribution in [3.8, 4) is 0 Å². The first-order valence-corrected chi connectivity index (χ1v) is 7.86. The second-order valence-corrected chi connectivity index (χ2v) is 6.12. The Hall–Kier alpha value is -0.610. The molecule has 3 N–H and O–H groups in total. The van der Waals surface area contributed by atoms with Crippen LogP contribution in [-0.2, 0) is 9.53 Å². The topological polar surface area (TPSA) is 64.4 Å². The van der Waals surface area contributed by atoms with E-state index in [1.54, 1.807) is 0 Å². The highest BCUT2D eigenvalue weighted by atomic mass is 16.5. The zero-order chi connectivity index (χ0) is 13.5. The first-order chi connectivity index (χ1) is 9.28. The van der Waals surface area contributed by atoms with Gasteiger partial charge in [-0.05, 0) is 63.3 Å². The molecule has 0 bridgehead atoms. The quantitative estimate of drug-likeness (QED) is 0.799. The van der Waals surface area contributed by atoms with Crippen molar-refractivity contribution in [3.63, 3.8) is 0 Å². The van der Waals surface area contributed by atoms with Gasteiger partial charge >= 0.3 is 0 Å². The van der Waals surface area contributed by atoms with Crippen LogP contribution in [-0.4, -0.2) is 31.7 Å². The van der Waals surface area contributed by atoms with Gasteiger partial charge in [-0.2, -0.15) is 0 Å². The monoisotopic (exact) mass is 268 g/mol. The van der Waals surface area contributed by atoms with E-state index < -0.39 is 0 Å². The summed E-state index contributed by atoms with van der Waals surface area (Å²) < 4.78 is 5.62. The number of ether oxygens (including phenoxy) is 1. The van der Waals surface area contributed by atoms with Gasteiger partial charge in [0, 0.05) is 19.6 Å². The summed E-state index contributed by atoms with van der Waals surface area (Å²) in [5.41, 5.74) is 5.69. The lowest BCUT2D eigenvalue weighted by molar-refractivity contribution is -0.123. The van der Waals surface area contributed by atoms with Crippen molar-refractivity contribution < 1.29 is 9.53 Å². The molecule has 1 saturated heterocycles. The number of hydrogen-bond donors (Lipinski definition) is 2. The van der Waals surface area contributed by atoms with Gasteiger partial charge < -0.3 is 15.8 Å². The molecule has 4 heteroatoms. The van der Waals surface area contributed by atoms with Gasteiger partial charge in [-0.1, -0.05) is 0 Å². The second-order valence-electron chi connectivity index (χ2n) is 6.12. The van der Waals surface area contributed by atoms with Crippen LogP contribution in [0.5, 0.6) is 0 Å². The Kier molecular flexibility index (Phi) is 6.11.